The summed E-state index contributed by atoms with van der Waals surface area (Å²) in [5, 5.41) is 0. The first-order valence-corrected chi connectivity index (χ1v) is 31.0. The van der Waals surface area contributed by atoms with Gasteiger partial charge in [-0.2, -0.15) is 0 Å². The lowest BCUT2D eigenvalue weighted by Gasteiger charge is -2.20. The summed E-state index contributed by atoms with van der Waals surface area (Å²) in [5.74, 6) is 2.33. The van der Waals surface area contributed by atoms with Gasteiger partial charge in [0, 0.05) is 131 Å². The minimum atomic E-state index is -0.616. The molecule has 0 bridgehead atoms. The van der Waals surface area contributed by atoms with Gasteiger partial charge in [-0.25, -0.2) is 0 Å². The van der Waals surface area contributed by atoms with E-state index in [0.29, 0.717) is 36.8 Å². The molecule has 3 rings (SSSR count). The molecule has 0 radical (unpaired) electrons. The highest BCUT2D eigenvalue weighted by atomic mass is 16.2. The van der Waals surface area contributed by atoms with Gasteiger partial charge in [0.2, 0.25) is 0 Å². The van der Waals surface area contributed by atoms with E-state index >= 15 is 0 Å². The van der Waals surface area contributed by atoms with E-state index in [-0.39, 0.29) is 171 Å². The third-order valence-electron chi connectivity index (χ3n) is 14.7. The van der Waals surface area contributed by atoms with Gasteiger partial charge in [-0.3, -0.25) is 57.5 Å². The van der Waals surface area contributed by atoms with Crippen molar-refractivity contribution in [1.82, 2.24) is 0 Å². The largest absolute Gasteiger partial charge is 0.321 e. The zero-order valence-corrected chi connectivity index (χ0v) is 56.1. The molecule has 0 amide bonds. The van der Waals surface area contributed by atoms with Crippen LogP contribution in [0.3, 0.4) is 0 Å². The first kappa shape index (κ1) is 82.4. The maximum Gasteiger partial charge on any atom is 0.165 e. The van der Waals surface area contributed by atoms with Gasteiger partial charge in [0.25, 0.3) is 0 Å². The second-order valence-electron chi connectivity index (χ2n) is 26.5. The number of benzene rings is 1. The molecule has 83 heavy (non-hydrogen) atoms. The standard InChI is InChI=1S/C14H18O2.C13H22O2.C11H21NO2.C11H18O2.C10H19NO2.C10H18O2/c1-9(2)13(15)11-5-7-12(8-6-11)14(16)10(3)4;1-8(2)12(14)10-6-5-7-11(10)13(15)9(3)4;1-7(2)10(13)6-5-9(12)11(14)8(3)4;1-6(2)10(12)8-5-9(8)11(13)7(3)4;1-6(2)9(12)5-8(11)10(13)7(3)4;1-7(2)9(11)5-6-10(12)8(3)4/h5-10H,1-4H3;8-11H,5-7H2,1-4H3;7-9H,5-6,12H2,1-4H3;6-9H,5H2,1-4H3;6-8H,5,11H2,1-4H3;7-8H,5-6H2,1-4H3. The third kappa shape index (κ3) is 32.9. The van der Waals surface area contributed by atoms with Crippen LogP contribution in [0.2, 0.25) is 0 Å². The summed E-state index contributed by atoms with van der Waals surface area (Å²) in [6, 6.07) is 5.85. The number of Topliss-reactive ketones (excluding diaryl/α,β-unsaturated/α-hetero) is 12. The quantitative estimate of drug-likeness (QED) is 0.0740. The summed E-state index contributed by atoms with van der Waals surface area (Å²) in [4.78, 5) is 138. The third-order valence-corrected chi connectivity index (χ3v) is 14.7. The molecule has 0 heterocycles. The van der Waals surface area contributed by atoms with E-state index in [4.69, 9.17) is 11.5 Å². The summed E-state index contributed by atoms with van der Waals surface area (Å²) in [6.07, 6.45) is 5.56. The fourth-order valence-corrected chi connectivity index (χ4v) is 8.60. The number of ketones is 12. The Morgan fingerprint density at radius 1 is 0.337 bits per heavy atom. The topological polar surface area (TPSA) is 257 Å². The van der Waals surface area contributed by atoms with Crippen molar-refractivity contribution in [3.05, 3.63) is 35.4 Å². The van der Waals surface area contributed by atoms with Crippen molar-refractivity contribution in [1.29, 1.82) is 0 Å². The Hall–Kier alpha value is -4.82. The molecule has 474 valence electrons. The molecule has 6 unspecified atom stereocenters. The Labute approximate surface area is 502 Å². The molecule has 2 fully saturated rings. The van der Waals surface area contributed by atoms with Crippen LogP contribution in [0.5, 0.6) is 0 Å². The summed E-state index contributed by atoms with van der Waals surface area (Å²) < 4.78 is 0. The zero-order chi connectivity index (χ0) is 65.7. The molecule has 4 N–H and O–H groups in total. The van der Waals surface area contributed by atoms with Crippen molar-refractivity contribution in [3.63, 3.8) is 0 Å². The average molecular weight is 1170 g/mol. The minimum Gasteiger partial charge on any atom is -0.321 e. The molecule has 0 aromatic heterocycles. The first-order valence-electron chi connectivity index (χ1n) is 31.0. The van der Waals surface area contributed by atoms with Crippen LogP contribution in [-0.2, 0) is 47.9 Å². The van der Waals surface area contributed by atoms with Gasteiger partial charge in [-0.05, 0) is 25.7 Å². The molecule has 0 spiro atoms. The van der Waals surface area contributed by atoms with Crippen molar-refractivity contribution in [2.45, 2.75) is 236 Å². The second kappa shape index (κ2) is 41.3. The van der Waals surface area contributed by atoms with Crippen LogP contribution >= 0.6 is 0 Å². The van der Waals surface area contributed by atoms with Crippen LogP contribution in [0.1, 0.15) is 245 Å². The maximum atomic E-state index is 11.9. The van der Waals surface area contributed by atoms with E-state index in [2.05, 4.69) is 0 Å². The molecule has 1 aromatic carbocycles. The molecule has 2 aliphatic rings. The Morgan fingerprint density at radius 3 is 0.855 bits per heavy atom. The number of nitrogens with two attached hydrogens (primary N) is 2. The normalized spacial score (nSPS) is 16.9. The smallest absolute Gasteiger partial charge is 0.165 e. The predicted molar refractivity (Wildman–Crippen MR) is 335 cm³/mol. The zero-order valence-electron chi connectivity index (χ0n) is 56.1. The van der Waals surface area contributed by atoms with E-state index in [1.807, 2.05) is 152 Å². The number of carbonyl (C=O) groups excluding carboxylic acids is 12. The highest BCUT2D eigenvalue weighted by Crippen LogP contribution is 2.43. The van der Waals surface area contributed by atoms with Crippen molar-refractivity contribution in [2.24, 2.45) is 106 Å². The molecule has 6 atom stereocenters. The second-order valence-corrected chi connectivity index (χ2v) is 26.5. The van der Waals surface area contributed by atoms with Crippen LogP contribution in [0.25, 0.3) is 0 Å². The van der Waals surface area contributed by atoms with Crippen LogP contribution in [-0.4, -0.2) is 81.5 Å². The SMILES string of the molecule is CC(C)C(=O)C1CC1C(=O)C(C)C.CC(C)C(=O)C1CCCC1C(=O)C(C)C.CC(C)C(=O)CC(N)C(=O)C(C)C.CC(C)C(=O)CCC(=O)C(C)C.CC(C)C(=O)CCC(N)C(=O)C(C)C.CC(C)C(=O)c1ccc(C(=O)C(C)C)cc1. The summed E-state index contributed by atoms with van der Waals surface area (Å²) in [5.41, 5.74) is 12.6. The molecule has 2 aliphatic carbocycles. The lowest BCUT2D eigenvalue weighted by atomic mass is 9.81. The van der Waals surface area contributed by atoms with Crippen LogP contribution in [0.15, 0.2) is 24.3 Å². The highest BCUT2D eigenvalue weighted by Gasteiger charge is 2.48. The van der Waals surface area contributed by atoms with E-state index in [1.165, 1.54) is 0 Å². The van der Waals surface area contributed by atoms with Gasteiger partial charge in [0.05, 0.1) is 12.1 Å². The van der Waals surface area contributed by atoms with Crippen molar-refractivity contribution in [3.8, 4) is 0 Å². The van der Waals surface area contributed by atoms with Gasteiger partial charge in [0.1, 0.15) is 46.3 Å². The molecule has 0 aliphatic heterocycles. The van der Waals surface area contributed by atoms with Gasteiger partial charge in [0.15, 0.2) is 23.1 Å². The van der Waals surface area contributed by atoms with Crippen LogP contribution in [0.4, 0.5) is 0 Å². The number of carbonyl (C=O) groups is 12. The number of hydrogen-bond acceptors (Lipinski definition) is 14. The minimum absolute atomic E-state index is 0.00773. The van der Waals surface area contributed by atoms with Gasteiger partial charge >= 0.3 is 0 Å². The predicted octanol–water partition coefficient (Wildman–Crippen LogP) is 13.2. The summed E-state index contributed by atoms with van der Waals surface area (Å²) in [7, 11) is 0. The van der Waals surface area contributed by atoms with Crippen molar-refractivity contribution >= 4 is 69.4 Å². The van der Waals surface area contributed by atoms with Crippen LogP contribution in [0, 0.1) is 94.7 Å². The molecule has 1 aromatic rings. The lowest BCUT2D eigenvalue weighted by molar-refractivity contribution is -0.134. The Kier molecular flexibility index (Phi) is 41.0. The van der Waals surface area contributed by atoms with Gasteiger partial charge in [-0.15, -0.1) is 0 Å². The molecule has 14 nitrogen and oxygen atoms in total. The summed E-state index contributed by atoms with van der Waals surface area (Å²) >= 11 is 0. The molecule has 0 saturated heterocycles. The maximum absolute atomic E-state index is 11.9. The molecule has 14 heteroatoms. The van der Waals surface area contributed by atoms with Crippen molar-refractivity contribution < 1.29 is 57.5 Å². The lowest BCUT2D eigenvalue weighted by Crippen LogP contribution is -2.36. The summed E-state index contributed by atoms with van der Waals surface area (Å²) in [6.45, 7) is 44.8. The highest BCUT2D eigenvalue weighted by molar-refractivity contribution is 6.01. The van der Waals surface area contributed by atoms with Crippen molar-refractivity contribution in [2.75, 3.05) is 0 Å². The van der Waals surface area contributed by atoms with Crippen LogP contribution < -0.4 is 11.5 Å². The Bertz CT molecular complexity index is 2110. The Morgan fingerprint density at radius 2 is 0.602 bits per heavy atom. The number of hydrogen-bond donors (Lipinski definition) is 2. The molecular formula is C69H116N2O12. The van der Waals surface area contributed by atoms with E-state index in [9.17, 15) is 57.5 Å². The van der Waals surface area contributed by atoms with E-state index in [0.717, 1.165) is 25.7 Å². The number of rotatable bonds is 28. The average Bonchev–Trinajstić information content (AvgIpc) is 4.06. The van der Waals surface area contributed by atoms with E-state index < -0.39 is 12.1 Å². The fraction of sp³-hybridized carbons (Fsp3) is 0.739. The van der Waals surface area contributed by atoms with Gasteiger partial charge in [-0.1, -0.05) is 197 Å². The monoisotopic (exact) mass is 1160 g/mol. The van der Waals surface area contributed by atoms with Gasteiger partial charge < -0.3 is 11.5 Å². The first-order chi connectivity index (χ1) is 38.0. The Balaban J connectivity index is -0.000000928. The van der Waals surface area contributed by atoms with E-state index in [1.54, 1.807) is 38.1 Å². The molecule has 2 saturated carbocycles. The molecular weight excluding hydrogens is 1050 g/mol. The fourth-order valence-electron chi connectivity index (χ4n) is 8.60.